The fourth-order valence-electron chi connectivity index (χ4n) is 6.41. The lowest BCUT2D eigenvalue weighted by Gasteiger charge is -2.43. The smallest absolute Gasteiger partial charge is 0.409 e. The second-order valence-electron chi connectivity index (χ2n) is 11.8. The molecule has 12 heteroatoms. The first-order valence-electron chi connectivity index (χ1n) is 14.6. The third kappa shape index (κ3) is 5.99. The first-order valence-corrected chi connectivity index (χ1v) is 14.6. The number of nitrogens with two attached hydrogens (primary N) is 1. The average Bonchev–Trinajstić information content (AvgIpc) is 3.38. The lowest BCUT2D eigenvalue weighted by Crippen LogP contribution is -2.55. The van der Waals surface area contributed by atoms with Crippen LogP contribution in [0.4, 0.5) is 13.6 Å². The Kier molecular flexibility index (Phi) is 8.91. The van der Waals surface area contributed by atoms with Gasteiger partial charge in [-0.05, 0) is 80.0 Å². The highest BCUT2D eigenvalue weighted by molar-refractivity contribution is 5.96. The maximum Gasteiger partial charge on any atom is 0.409 e. The summed E-state index contributed by atoms with van der Waals surface area (Å²) in [5, 5.41) is 7.20. The Morgan fingerprint density at radius 3 is 2.64 bits per heavy atom. The van der Waals surface area contributed by atoms with Crippen molar-refractivity contribution in [2.45, 2.75) is 64.1 Å². The molecule has 1 aromatic carbocycles. The van der Waals surface area contributed by atoms with E-state index in [1.165, 1.54) is 13.2 Å². The summed E-state index contributed by atoms with van der Waals surface area (Å²) in [6.45, 7) is 5.60. The number of methoxy groups -OCH3 is 1. The number of nitrogens with one attached hydrogen (secondary N) is 1. The molecule has 0 spiro atoms. The van der Waals surface area contributed by atoms with Gasteiger partial charge in [-0.2, -0.15) is 5.10 Å². The van der Waals surface area contributed by atoms with Gasteiger partial charge in [0.15, 0.2) is 0 Å². The molecule has 3 aromatic heterocycles. The Bertz CT molecular complexity index is 1680. The summed E-state index contributed by atoms with van der Waals surface area (Å²) in [4.78, 5) is 35.2. The quantitative estimate of drug-likeness (QED) is 0.312. The van der Waals surface area contributed by atoms with Crippen molar-refractivity contribution >= 4 is 17.5 Å². The number of carbonyl (C=O) groups is 2. The summed E-state index contributed by atoms with van der Waals surface area (Å²) in [6, 6.07) is 6.75. The summed E-state index contributed by atoms with van der Waals surface area (Å²) < 4.78 is 37.0. The second-order valence-corrected chi connectivity index (χ2v) is 11.8. The normalized spacial score (nSPS) is 20.1. The summed E-state index contributed by atoms with van der Waals surface area (Å²) in [5.74, 6) is -1.64. The van der Waals surface area contributed by atoms with E-state index in [-0.39, 0.29) is 46.8 Å². The van der Waals surface area contributed by atoms with Crippen molar-refractivity contribution in [3.63, 3.8) is 0 Å². The van der Waals surface area contributed by atoms with Crippen molar-refractivity contribution in [3.05, 3.63) is 83.1 Å². The van der Waals surface area contributed by atoms with E-state index in [1.807, 2.05) is 6.07 Å². The molecule has 1 saturated carbocycles. The Morgan fingerprint density at radius 1 is 1.16 bits per heavy atom. The number of benzene rings is 1. The number of fused-ring (bicyclic) bond motifs is 1. The number of imidazole rings is 1. The predicted octanol–water partition coefficient (Wildman–Crippen LogP) is 4.71. The second kappa shape index (κ2) is 12.7. The molecule has 44 heavy (non-hydrogen) atoms. The van der Waals surface area contributed by atoms with E-state index in [9.17, 15) is 14.0 Å². The van der Waals surface area contributed by atoms with Crippen LogP contribution in [0.15, 0.2) is 48.9 Å². The number of rotatable bonds is 7. The number of hydrogen-bond acceptors (Lipinski definition) is 7. The Labute approximate surface area is 254 Å². The molecular formula is C32H37F2N7O3. The van der Waals surface area contributed by atoms with Crippen molar-refractivity contribution in [1.29, 1.82) is 0 Å². The van der Waals surface area contributed by atoms with Crippen LogP contribution in [0.3, 0.4) is 0 Å². The van der Waals surface area contributed by atoms with Gasteiger partial charge >= 0.3 is 6.09 Å². The van der Waals surface area contributed by atoms with Crippen molar-refractivity contribution in [2.75, 3.05) is 14.2 Å². The molecule has 0 saturated heterocycles. The van der Waals surface area contributed by atoms with Gasteiger partial charge in [0.2, 0.25) is 0 Å². The zero-order chi connectivity index (χ0) is 31.7. The van der Waals surface area contributed by atoms with Gasteiger partial charge in [-0.1, -0.05) is 6.92 Å². The summed E-state index contributed by atoms with van der Waals surface area (Å²) in [7, 11) is 3.07. The number of ether oxygens (including phenoxy) is 1. The van der Waals surface area contributed by atoms with Crippen LogP contribution in [0.25, 0.3) is 16.8 Å². The summed E-state index contributed by atoms with van der Waals surface area (Å²) >= 11 is 0. The Morgan fingerprint density at radius 2 is 1.93 bits per heavy atom. The lowest BCUT2D eigenvalue weighted by molar-refractivity contribution is 0.0777. The van der Waals surface area contributed by atoms with E-state index in [0.29, 0.717) is 24.2 Å². The molecule has 4 atom stereocenters. The van der Waals surface area contributed by atoms with Crippen LogP contribution in [0, 0.1) is 17.6 Å². The van der Waals surface area contributed by atoms with Gasteiger partial charge in [-0.25, -0.2) is 23.1 Å². The summed E-state index contributed by atoms with van der Waals surface area (Å²) in [5.41, 5.74) is 8.66. The SMILES string of the molecule is COC(=O)N(C)[C@@H]1[C@H](N)C[C@H](c2ccncc2Cc2ncc3ccc(-c4c(F)ccc(C(=O)NC(C)C)c4F)nn23)C[C@@H]1C. The molecule has 0 unspecified atom stereocenters. The third-order valence-electron chi connectivity index (χ3n) is 8.34. The molecule has 3 heterocycles. The molecule has 1 aliphatic rings. The molecule has 1 fully saturated rings. The number of nitrogens with zero attached hydrogens (tertiary/aromatic N) is 5. The molecular weight excluding hydrogens is 568 g/mol. The maximum atomic E-state index is 15.5. The van der Waals surface area contributed by atoms with Crippen LogP contribution in [0.1, 0.15) is 66.8 Å². The Hall–Kier alpha value is -4.45. The minimum Gasteiger partial charge on any atom is -0.453 e. The molecule has 0 radical (unpaired) electrons. The van der Waals surface area contributed by atoms with E-state index >= 15 is 4.39 Å². The number of aromatic nitrogens is 4. The minimum atomic E-state index is -0.981. The van der Waals surface area contributed by atoms with Gasteiger partial charge < -0.3 is 20.7 Å². The number of carbonyl (C=O) groups excluding carboxylic acids is 2. The molecule has 4 aromatic rings. The largest absolute Gasteiger partial charge is 0.453 e. The van der Waals surface area contributed by atoms with Crippen LogP contribution in [0.5, 0.6) is 0 Å². The highest BCUT2D eigenvalue weighted by Gasteiger charge is 2.39. The minimum absolute atomic E-state index is 0.0326. The highest BCUT2D eigenvalue weighted by Crippen LogP contribution is 2.39. The van der Waals surface area contributed by atoms with E-state index in [2.05, 4.69) is 27.3 Å². The van der Waals surface area contributed by atoms with Gasteiger partial charge in [-0.3, -0.25) is 9.78 Å². The fourth-order valence-corrected chi connectivity index (χ4v) is 6.41. The number of likely N-dealkylation sites (N-methyl/N-ethyl adjacent to an activating group) is 1. The first kappa shape index (κ1) is 31.0. The van der Waals surface area contributed by atoms with Crippen molar-refractivity contribution < 1.29 is 23.1 Å². The van der Waals surface area contributed by atoms with Gasteiger partial charge in [0.05, 0.1) is 41.7 Å². The molecule has 5 rings (SSSR count). The van der Waals surface area contributed by atoms with Crippen LogP contribution in [0.2, 0.25) is 0 Å². The van der Waals surface area contributed by atoms with Crippen molar-refractivity contribution in [2.24, 2.45) is 11.7 Å². The van der Waals surface area contributed by atoms with Crippen LogP contribution >= 0.6 is 0 Å². The molecule has 1 aliphatic carbocycles. The van der Waals surface area contributed by atoms with Gasteiger partial charge in [0.25, 0.3) is 5.91 Å². The Balaban J connectivity index is 1.45. The number of amides is 2. The molecule has 0 bridgehead atoms. The first-order chi connectivity index (χ1) is 21.0. The highest BCUT2D eigenvalue weighted by atomic mass is 19.1. The van der Waals surface area contributed by atoms with E-state index in [0.717, 1.165) is 29.7 Å². The topological polar surface area (TPSA) is 128 Å². The predicted molar refractivity (Wildman–Crippen MR) is 161 cm³/mol. The molecule has 0 aliphatic heterocycles. The van der Waals surface area contributed by atoms with Crippen LogP contribution < -0.4 is 11.1 Å². The van der Waals surface area contributed by atoms with Gasteiger partial charge in [0, 0.05) is 37.9 Å². The zero-order valence-corrected chi connectivity index (χ0v) is 25.4. The fraction of sp³-hybridized carbons (Fsp3) is 0.406. The molecule has 3 N–H and O–H groups in total. The van der Waals surface area contributed by atoms with E-state index < -0.39 is 23.6 Å². The monoisotopic (exact) mass is 605 g/mol. The number of halogens is 2. The van der Waals surface area contributed by atoms with Crippen molar-refractivity contribution in [1.82, 2.24) is 29.8 Å². The molecule has 2 amide bonds. The maximum absolute atomic E-state index is 15.5. The molecule has 232 valence electrons. The standard InChI is InChI=1S/C32H37F2N7O3/c1-17(2)38-31(42)23-7-8-24(33)28(29(23)34)26-9-6-21-16-37-27(41(21)39-26)14-20-15-36-11-10-22(20)19-12-18(3)30(25(35)13-19)40(4)32(43)44-5/h6-11,15-19,25,30H,12-14,35H2,1-5H3,(H,38,42)/t18-,19+,25+,30-/m0/s1. The van der Waals surface area contributed by atoms with Crippen LogP contribution in [-0.2, 0) is 11.2 Å². The number of hydrogen-bond donors (Lipinski definition) is 2. The molecule has 10 nitrogen and oxygen atoms in total. The van der Waals surface area contributed by atoms with Crippen molar-refractivity contribution in [3.8, 4) is 11.3 Å². The third-order valence-corrected chi connectivity index (χ3v) is 8.34. The average molecular weight is 606 g/mol. The number of pyridine rings is 1. The van der Waals surface area contributed by atoms with E-state index in [1.54, 1.807) is 55.0 Å². The van der Waals surface area contributed by atoms with Gasteiger partial charge in [-0.15, -0.1) is 0 Å². The van der Waals surface area contributed by atoms with Gasteiger partial charge in [0.1, 0.15) is 17.5 Å². The summed E-state index contributed by atoms with van der Waals surface area (Å²) in [6.07, 6.45) is 6.60. The van der Waals surface area contributed by atoms with Crippen LogP contribution in [-0.4, -0.2) is 68.8 Å². The van der Waals surface area contributed by atoms with E-state index in [4.69, 9.17) is 10.5 Å². The zero-order valence-electron chi connectivity index (χ0n) is 25.4. The lowest BCUT2D eigenvalue weighted by atomic mass is 9.72.